The van der Waals surface area contributed by atoms with Crippen LogP contribution in [0.15, 0.2) is 21.2 Å². The lowest BCUT2D eigenvalue weighted by molar-refractivity contribution is -0.132. The van der Waals surface area contributed by atoms with Crippen LogP contribution in [0.5, 0.6) is 0 Å². The summed E-state index contributed by atoms with van der Waals surface area (Å²) < 4.78 is 5.65. The van der Waals surface area contributed by atoms with Crippen LogP contribution < -0.4 is 0 Å². The minimum atomic E-state index is -0.270. The highest BCUT2D eigenvalue weighted by Gasteiger charge is 2.23. The summed E-state index contributed by atoms with van der Waals surface area (Å²) in [6.45, 7) is 3.08. The Balaban J connectivity index is 1.69. The minimum absolute atomic E-state index is 0.0511. The monoisotopic (exact) mass is 306 g/mol. The Morgan fingerprint density at radius 1 is 1.52 bits per heavy atom. The zero-order chi connectivity index (χ0) is 14.8. The third-order valence-electron chi connectivity index (χ3n) is 3.80. The number of amides is 1. The summed E-state index contributed by atoms with van der Waals surface area (Å²) in [5.41, 5.74) is 1.65. The van der Waals surface area contributed by atoms with Gasteiger partial charge in [0.1, 0.15) is 5.76 Å². The van der Waals surface area contributed by atoms with Gasteiger partial charge in [0.25, 0.3) is 0 Å². The third kappa shape index (κ3) is 3.16. The predicted octanol–water partition coefficient (Wildman–Crippen LogP) is 2.24. The average molecular weight is 306 g/mol. The van der Waals surface area contributed by atoms with Crippen molar-refractivity contribution in [2.24, 2.45) is 0 Å². The van der Waals surface area contributed by atoms with E-state index < -0.39 is 0 Å². The van der Waals surface area contributed by atoms with Gasteiger partial charge in [-0.2, -0.15) is 11.3 Å². The van der Waals surface area contributed by atoms with E-state index in [1.54, 1.807) is 16.2 Å². The first-order valence-corrected chi connectivity index (χ1v) is 8.02. The molecule has 0 bridgehead atoms. The number of oxazole rings is 1. The smallest absolute Gasteiger partial charge is 0.228 e. The maximum absolute atomic E-state index is 12.3. The van der Waals surface area contributed by atoms with Gasteiger partial charge in [0.05, 0.1) is 18.2 Å². The number of aromatic nitrogens is 1. The van der Waals surface area contributed by atoms with Crippen LogP contribution in [-0.2, 0) is 11.2 Å². The molecule has 0 unspecified atom stereocenters. The van der Waals surface area contributed by atoms with E-state index in [1.165, 1.54) is 0 Å². The quantitative estimate of drug-likeness (QED) is 0.944. The molecule has 1 amide bonds. The van der Waals surface area contributed by atoms with E-state index in [2.05, 4.69) is 4.98 Å². The summed E-state index contributed by atoms with van der Waals surface area (Å²) in [6.07, 6.45) is 1.30. The highest BCUT2D eigenvalue weighted by Crippen LogP contribution is 2.24. The first kappa shape index (κ1) is 14.3. The molecule has 5 nitrogen and oxygen atoms in total. The Hall–Kier alpha value is -1.66. The van der Waals surface area contributed by atoms with Gasteiger partial charge in [-0.3, -0.25) is 4.79 Å². The van der Waals surface area contributed by atoms with Crippen molar-refractivity contribution in [1.82, 2.24) is 9.88 Å². The van der Waals surface area contributed by atoms with Crippen LogP contribution in [0.25, 0.3) is 11.5 Å². The van der Waals surface area contributed by atoms with E-state index in [-0.39, 0.29) is 18.4 Å². The number of likely N-dealkylation sites (tertiary alicyclic amines) is 1. The van der Waals surface area contributed by atoms with Gasteiger partial charge < -0.3 is 14.4 Å². The maximum atomic E-state index is 12.3. The predicted molar refractivity (Wildman–Crippen MR) is 80.1 cm³/mol. The first-order chi connectivity index (χ1) is 10.1. The van der Waals surface area contributed by atoms with Gasteiger partial charge in [0.2, 0.25) is 11.8 Å². The number of thiophene rings is 1. The van der Waals surface area contributed by atoms with Crippen molar-refractivity contribution < 1.29 is 14.3 Å². The fourth-order valence-corrected chi connectivity index (χ4v) is 3.10. The van der Waals surface area contributed by atoms with E-state index in [1.807, 2.05) is 23.8 Å². The average Bonchev–Trinajstić information content (AvgIpc) is 3.10. The van der Waals surface area contributed by atoms with Gasteiger partial charge in [0, 0.05) is 24.0 Å². The molecular weight excluding hydrogens is 288 g/mol. The van der Waals surface area contributed by atoms with Gasteiger partial charge in [-0.1, -0.05) is 0 Å². The number of nitrogens with zero attached hydrogens (tertiary/aromatic N) is 2. The zero-order valence-electron chi connectivity index (χ0n) is 11.9. The number of piperidine rings is 1. The van der Waals surface area contributed by atoms with E-state index in [4.69, 9.17) is 4.42 Å². The number of aliphatic hydroxyl groups is 1. The summed E-state index contributed by atoms with van der Waals surface area (Å²) in [4.78, 5) is 18.5. The molecule has 2 aromatic rings. The lowest BCUT2D eigenvalue weighted by Gasteiger charge is -2.29. The molecule has 6 heteroatoms. The molecule has 0 aromatic carbocycles. The molecular formula is C15H18N2O3S. The Kier molecular flexibility index (Phi) is 4.07. The molecule has 0 atom stereocenters. The molecule has 3 rings (SSSR count). The van der Waals surface area contributed by atoms with Gasteiger partial charge in [-0.15, -0.1) is 0 Å². The van der Waals surface area contributed by atoms with E-state index in [9.17, 15) is 9.90 Å². The summed E-state index contributed by atoms with van der Waals surface area (Å²) in [5, 5.41) is 13.4. The molecule has 2 aromatic heterocycles. The van der Waals surface area contributed by atoms with Crippen molar-refractivity contribution in [3.8, 4) is 11.5 Å². The molecule has 3 heterocycles. The van der Waals surface area contributed by atoms with Crippen LogP contribution in [0.1, 0.15) is 24.3 Å². The Labute approximate surface area is 127 Å². The lowest BCUT2D eigenvalue weighted by Crippen LogP contribution is -2.40. The topological polar surface area (TPSA) is 66.6 Å². The third-order valence-corrected chi connectivity index (χ3v) is 4.48. The van der Waals surface area contributed by atoms with Gasteiger partial charge in [0.15, 0.2) is 0 Å². The Bertz CT molecular complexity index is 613. The second kappa shape index (κ2) is 5.99. The van der Waals surface area contributed by atoms with Crippen LogP contribution >= 0.6 is 11.3 Å². The molecule has 21 heavy (non-hydrogen) atoms. The van der Waals surface area contributed by atoms with Crippen molar-refractivity contribution in [1.29, 1.82) is 0 Å². The van der Waals surface area contributed by atoms with E-state index in [0.717, 1.165) is 5.56 Å². The van der Waals surface area contributed by atoms with E-state index in [0.29, 0.717) is 43.3 Å². The molecule has 0 saturated carbocycles. The second-order valence-electron chi connectivity index (χ2n) is 5.32. The van der Waals surface area contributed by atoms with Crippen molar-refractivity contribution in [3.05, 3.63) is 28.3 Å². The molecule has 0 aliphatic carbocycles. The molecule has 1 N–H and O–H groups in total. The van der Waals surface area contributed by atoms with Crippen LogP contribution in [0.4, 0.5) is 0 Å². The van der Waals surface area contributed by atoms with Gasteiger partial charge >= 0.3 is 0 Å². The van der Waals surface area contributed by atoms with Crippen molar-refractivity contribution in [3.63, 3.8) is 0 Å². The SMILES string of the molecule is Cc1oc(-c2ccsc2)nc1CC(=O)N1CCC(O)CC1. The number of rotatable bonds is 3. The first-order valence-electron chi connectivity index (χ1n) is 7.08. The second-order valence-corrected chi connectivity index (χ2v) is 6.10. The summed E-state index contributed by atoms with van der Waals surface area (Å²) in [6, 6.07) is 1.95. The fourth-order valence-electron chi connectivity index (χ4n) is 2.47. The molecule has 1 fully saturated rings. The van der Waals surface area contributed by atoms with E-state index >= 15 is 0 Å². The fraction of sp³-hybridized carbons (Fsp3) is 0.467. The van der Waals surface area contributed by atoms with Crippen LogP contribution in [0.3, 0.4) is 0 Å². The van der Waals surface area contributed by atoms with Gasteiger partial charge in [-0.05, 0) is 31.2 Å². The lowest BCUT2D eigenvalue weighted by atomic mass is 10.1. The van der Waals surface area contributed by atoms with Gasteiger partial charge in [-0.25, -0.2) is 4.98 Å². The number of hydrogen-bond acceptors (Lipinski definition) is 5. The Morgan fingerprint density at radius 2 is 2.29 bits per heavy atom. The largest absolute Gasteiger partial charge is 0.441 e. The number of aliphatic hydroxyl groups excluding tert-OH is 1. The van der Waals surface area contributed by atoms with Crippen LogP contribution in [0, 0.1) is 6.92 Å². The summed E-state index contributed by atoms with van der Waals surface area (Å²) >= 11 is 1.59. The number of hydrogen-bond donors (Lipinski definition) is 1. The molecule has 112 valence electrons. The maximum Gasteiger partial charge on any atom is 0.228 e. The van der Waals surface area contributed by atoms with Crippen LogP contribution in [0.2, 0.25) is 0 Å². The van der Waals surface area contributed by atoms with Crippen LogP contribution in [-0.4, -0.2) is 40.1 Å². The molecule has 1 saturated heterocycles. The zero-order valence-corrected chi connectivity index (χ0v) is 12.7. The minimum Gasteiger partial charge on any atom is -0.441 e. The van der Waals surface area contributed by atoms with Crippen molar-refractivity contribution >= 4 is 17.2 Å². The molecule has 0 spiro atoms. The molecule has 1 aliphatic rings. The number of carbonyl (C=O) groups excluding carboxylic acids is 1. The highest BCUT2D eigenvalue weighted by molar-refractivity contribution is 7.08. The number of aryl methyl sites for hydroxylation is 1. The summed E-state index contributed by atoms with van der Waals surface area (Å²) in [7, 11) is 0. The summed E-state index contributed by atoms with van der Waals surface area (Å²) in [5.74, 6) is 1.32. The number of carbonyl (C=O) groups is 1. The Morgan fingerprint density at radius 3 is 2.95 bits per heavy atom. The molecule has 0 radical (unpaired) electrons. The standard InChI is InChI=1S/C15H18N2O3S/c1-10-13(16-15(20-10)11-4-7-21-9-11)8-14(19)17-5-2-12(18)3-6-17/h4,7,9,12,18H,2-3,5-6,8H2,1H3. The van der Waals surface area contributed by atoms with Crippen molar-refractivity contribution in [2.75, 3.05) is 13.1 Å². The van der Waals surface area contributed by atoms with Crippen molar-refractivity contribution in [2.45, 2.75) is 32.3 Å². The highest BCUT2D eigenvalue weighted by atomic mass is 32.1. The normalized spacial score (nSPS) is 16.4. The molecule has 1 aliphatic heterocycles.